The van der Waals surface area contributed by atoms with E-state index in [2.05, 4.69) is 4.98 Å². The molecule has 1 aromatic heterocycles. The van der Waals surface area contributed by atoms with Crippen molar-refractivity contribution in [1.82, 2.24) is 4.98 Å². The van der Waals surface area contributed by atoms with Crippen molar-refractivity contribution in [3.05, 3.63) is 28.8 Å². The number of carbonyl (C=O) groups is 1. The number of hydrogen-bond donors (Lipinski definition) is 1. The summed E-state index contributed by atoms with van der Waals surface area (Å²) in [5, 5.41) is 0. The Morgan fingerprint density at radius 1 is 1.57 bits per heavy atom. The zero-order valence-corrected chi connectivity index (χ0v) is 7.01. The first-order valence-electron chi connectivity index (χ1n) is 3.72. The van der Waals surface area contributed by atoms with Gasteiger partial charge in [-0.25, -0.2) is 18.2 Å². The van der Waals surface area contributed by atoms with Gasteiger partial charge in [-0.05, 0) is 5.56 Å². The van der Waals surface area contributed by atoms with Crippen molar-refractivity contribution in [2.75, 3.05) is 0 Å². The summed E-state index contributed by atoms with van der Waals surface area (Å²) in [6, 6.07) is 0. The molecule has 14 heavy (non-hydrogen) atoms. The van der Waals surface area contributed by atoms with E-state index in [1.807, 2.05) is 0 Å². The maximum atomic E-state index is 13.1. The third-order valence-corrected chi connectivity index (χ3v) is 1.72. The van der Waals surface area contributed by atoms with E-state index in [0.717, 1.165) is 6.20 Å². The number of nitrogens with zero attached hydrogens (tertiary/aromatic N) is 1. The fourth-order valence-electron chi connectivity index (χ4n) is 1.03. The summed E-state index contributed by atoms with van der Waals surface area (Å²) >= 11 is 0. The van der Waals surface area contributed by atoms with Crippen LogP contribution in [0.5, 0.6) is 0 Å². The number of aldehydes is 1. The number of alkyl halides is 2. The van der Waals surface area contributed by atoms with Crippen molar-refractivity contribution < 1.29 is 18.0 Å². The summed E-state index contributed by atoms with van der Waals surface area (Å²) in [6.45, 7) is -0.247. The minimum Gasteiger partial charge on any atom is -0.326 e. The van der Waals surface area contributed by atoms with Crippen LogP contribution in [-0.4, -0.2) is 11.3 Å². The van der Waals surface area contributed by atoms with Gasteiger partial charge in [-0.2, -0.15) is 0 Å². The van der Waals surface area contributed by atoms with Crippen molar-refractivity contribution in [1.29, 1.82) is 0 Å². The molecule has 3 nitrogen and oxygen atoms in total. The van der Waals surface area contributed by atoms with E-state index in [1.54, 1.807) is 0 Å². The highest BCUT2D eigenvalue weighted by atomic mass is 19.3. The lowest BCUT2D eigenvalue weighted by molar-refractivity contribution is 0.111. The highest BCUT2D eigenvalue weighted by Crippen LogP contribution is 2.26. The maximum Gasteiger partial charge on any atom is 0.267 e. The first kappa shape index (κ1) is 10.6. The first-order chi connectivity index (χ1) is 6.61. The normalized spacial score (nSPS) is 10.6. The van der Waals surface area contributed by atoms with Crippen LogP contribution in [0.25, 0.3) is 0 Å². The Kier molecular flexibility index (Phi) is 3.19. The fraction of sp³-hybridized carbons (Fsp3) is 0.250. The molecule has 0 aliphatic rings. The van der Waals surface area contributed by atoms with E-state index >= 15 is 0 Å². The summed E-state index contributed by atoms with van der Waals surface area (Å²) in [5.41, 5.74) is 3.56. The molecular formula is C8H7F3N2O. The second kappa shape index (κ2) is 4.19. The average molecular weight is 204 g/mol. The molecule has 0 aliphatic carbocycles. The molecule has 0 aliphatic heterocycles. The van der Waals surface area contributed by atoms with Crippen molar-refractivity contribution in [3.63, 3.8) is 0 Å². The molecule has 76 valence electrons. The lowest BCUT2D eigenvalue weighted by atomic mass is 10.1. The summed E-state index contributed by atoms with van der Waals surface area (Å²) in [6.07, 6.45) is -1.94. The first-order valence-corrected chi connectivity index (χ1v) is 3.72. The van der Waals surface area contributed by atoms with E-state index in [-0.39, 0.29) is 18.4 Å². The van der Waals surface area contributed by atoms with Gasteiger partial charge in [0.1, 0.15) is 5.69 Å². The largest absolute Gasteiger partial charge is 0.326 e. The Labute approximate surface area is 77.7 Å². The predicted molar refractivity (Wildman–Crippen MR) is 42.4 cm³/mol. The molecule has 1 aromatic rings. The Hall–Kier alpha value is -1.43. The molecule has 0 unspecified atom stereocenters. The van der Waals surface area contributed by atoms with Crippen LogP contribution in [0.2, 0.25) is 0 Å². The van der Waals surface area contributed by atoms with Crippen LogP contribution >= 0.6 is 0 Å². The van der Waals surface area contributed by atoms with Gasteiger partial charge < -0.3 is 5.73 Å². The molecule has 6 heteroatoms. The predicted octanol–water partition coefficient (Wildman–Crippen LogP) is 1.43. The highest BCUT2D eigenvalue weighted by molar-refractivity contribution is 5.72. The molecule has 0 saturated heterocycles. The number of nitrogens with two attached hydrogens (primary N) is 1. The van der Waals surface area contributed by atoms with Crippen LogP contribution in [0, 0.1) is 5.82 Å². The van der Waals surface area contributed by atoms with Crippen LogP contribution in [0.1, 0.15) is 28.0 Å². The smallest absolute Gasteiger partial charge is 0.267 e. The third kappa shape index (κ3) is 1.74. The molecule has 0 bridgehead atoms. The topological polar surface area (TPSA) is 56.0 Å². The number of carbonyl (C=O) groups excluding carboxylic acids is 1. The summed E-state index contributed by atoms with van der Waals surface area (Å²) in [7, 11) is 0. The molecule has 0 saturated carbocycles. The van der Waals surface area contributed by atoms with Crippen LogP contribution < -0.4 is 5.73 Å². The van der Waals surface area contributed by atoms with Crippen molar-refractivity contribution in [3.8, 4) is 0 Å². The summed E-state index contributed by atoms with van der Waals surface area (Å²) < 4.78 is 37.8. The molecular weight excluding hydrogens is 197 g/mol. The number of halogens is 3. The van der Waals surface area contributed by atoms with Crippen LogP contribution in [0.4, 0.5) is 13.2 Å². The number of hydrogen-bond acceptors (Lipinski definition) is 3. The Morgan fingerprint density at radius 3 is 2.64 bits per heavy atom. The molecule has 0 spiro atoms. The van der Waals surface area contributed by atoms with Gasteiger partial charge in [0.2, 0.25) is 0 Å². The number of aromatic nitrogens is 1. The third-order valence-electron chi connectivity index (χ3n) is 1.72. The minimum atomic E-state index is -3.00. The van der Waals surface area contributed by atoms with Crippen molar-refractivity contribution in [2.45, 2.75) is 13.0 Å². The molecule has 0 aromatic carbocycles. The molecule has 0 atom stereocenters. The van der Waals surface area contributed by atoms with Gasteiger partial charge in [0, 0.05) is 12.7 Å². The second-order valence-electron chi connectivity index (χ2n) is 2.52. The minimum absolute atomic E-state index is 0.0848. The number of pyridine rings is 1. The zero-order valence-electron chi connectivity index (χ0n) is 7.01. The second-order valence-corrected chi connectivity index (χ2v) is 2.52. The standard InChI is InChI=1S/C8H7F3N2O/c9-7-5(3-14)13-2-4(1-12)6(7)8(10)11/h2-3,8H,1,12H2. The van der Waals surface area contributed by atoms with Gasteiger partial charge >= 0.3 is 0 Å². The molecule has 1 rings (SSSR count). The molecule has 2 N–H and O–H groups in total. The zero-order chi connectivity index (χ0) is 10.7. The van der Waals surface area contributed by atoms with Gasteiger partial charge in [0.05, 0.1) is 5.56 Å². The van der Waals surface area contributed by atoms with Gasteiger partial charge in [-0.3, -0.25) is 4.79 Å². The molecule has 0 radical (unpaired) electrons. The highest BCUT2D eigenvalue weighted by Gasteiger charge is 2.21. The Balaban J connectivity index is 3.38. The summed E-state index contributed by atoms with van der Waals surface area (Å²) in [4.78, 5) is 13.6. The van der Waals surface area contributed by atoms with E-state index in [1.165, 1.54) is 0 Å². The van der Waals surface area contributed by atoms with E-state index in [0.29, 0.717) is 0 Å². The summed E-state index contributed by atoms with van der Waals surface area (Å²) in [5.74, 6) is -1.29. The average Bonchev–Trinajstić information content (AvgIpc) is 2.16. The van der Waals surface area contributed by atoms with Crippen LogP contribution in [0.15, 0.2) is 6.20 Å². The maximum absolute atomic E-state index is 13.1. The van der Waals surface area contributed by atoms with Crippen LogP contribution in [0.3, 0.4) is 0 Å². The molecule has 0 amide bonds. The number of rotatable bonds is 3. The van der Waals surface area contributed by atoms with Gasteiger partial charge in [-0.15, -0.1) is 0 Å². The van der Waals surface area contributed by atoms with E-state index in [9.17, 15) is 18.0 Å². The lowest BCUT2D eigenvalue weighted by Crippen LogP contribution is -2.08. The van der Waals surface area contributed by atoms with Crippen LogP contribution in [-0.2, 0) is 6.54 Å². The SMILES string of the molecule is NCc1cnc(C=O)c(F)c1C(F)F. The van der Waals surface area contributed by atoms with Crippen molar-refractivity contribution in [2.24, 2.45) is 5.73 Å². The van der Waals surface area contributed by atoms with Crippen molar-refractivity contribution >= 4 is 6.29 Å². The lowest BCUT2D eigenvalue weighted by Gasteiger charge is -2.08. The van der Waals surface area contributed by atoms with Gasteiger partial charge in [0.15, 0.2) is 12.1 Å². The molecule has 1 heterocycles. The van der Waals surface area contributed by atoms with E-state index in [4.69, 9.17) is 5.73 Å². The quantitative estimate of drug-likeness (QED) is 0.757. The monoisotopic (exact) mass is 204 g/mol. The molecule has 0 fully saturated rings. The van der Waals surface area contributed by atoms with Gasteiger partial charge in [0.25, 0.3) is 6.43 Å². The van der Waals surface area contributed by atoms with E-state index < -0.39 is 23.5 Å². The van der Waals surface area contributed by atoms with Gasteiger partial charge in [-0.1, -0.05) is 0 Å². The fourth-order valence-corrected chi connectivity index (χ4v) is 1.03. The Bertz CT molecular complexity index is 355. The Morgan fingerprint density at radius 2 is 2.21 bits per heavy atom.